The first-order valence-corrected chi connectivity index (χ1v) is 10.8. The molecule has 0 N–H and O–H groups in total. The van der Waals surface area contributed by atoms with Gasteiger partial charge in [0, 0.05) is 5.39 Å². The van der Waals surface area contributed by atoms with Crippen LogP contribution in [0.2, 0.25) is 0 Å². The van der Waals surface area contributed by atoms with Crippen molar-refractivity contribution < 1.29 is 12.8 Å². The third-order valence-corrected chi connectivity index (χ3v) is 7.45. The Morgan fingerprint density at radius 2 is 1.62 bits per heavy atom. The molecule has 1 aromatic heterocycles. The van der Waals surface area contributed by atoms with Crippen LogP contribution >= 0.6 is 0 Å². The van der Waals surface area contributed by atoms with Gasteiger partial charge in [0.1, 0.15) is 16.2 Å². The van der Waals surface area contributed by atoms with Crippen LogP contribution in [0, 0.1) is 13.8 Å². The molecule has 0 atom stereocenters. The molecule has 2 aromatic carbocycles. The molecule has 0 unspecified atom stereocenters. The summed E-state index contributed by atoms with van der Waals surface area (Å²) in [5.74, 6) is 0.986. The third kappa shape index (κ3) is 2.96. The molecule has 1 aliphatic carbocycles. The summed E-state index contributed by atoms with van der Waals surface area (Å²) in [5.41, 5.74) is 2.92. The van der Waals surface area contributed by atoms with Gasteiger partial charge in [0.05, 0.1) is 4.90 Å². The lowest BCUT2D eigenvalue weighted by Gasteiger charge is -2.21. The molecule has 1 heterocycles. The van der Waals surface area contributed by atoms with Gasteiger partial charge in [0.2, 0.25) is 9.84 Å². The van der Waals surface area contributed by atoms with Crippen LogP contribution in [0.15, 0.2) is 56.7 Å². The maximum atomic E-state index is 13.3. The van der Waals surface area contributed by atoms with E-state index < -0.39 is 9.84 Å². The molecule has 136 valence electrons. The van der Waals surface area contributed by atoms with Gasteiger partial charge in [0.15, 0.2) is 0 Å². The molecule has 4 heteroatoms. The van der Waals surface area contributed by atoms with Crippen molar-refractivity contribution in [3.63, 3.8) is 0 Å². The topological polar surface area (TPSA) is 47.3 Å². The van der Waals surface area contributed by atoms with Crippen molar-refractivity contribution in [2.75, 3.05) is 0 Å². The zero-order chi connectivity index (χ0) is 18.3. The summed E-state index contributed by atoms with van der Waals surface area (Å²) >= 11 is 0. The van der Waals surface area contributed by atoms with Crippen LogP contribution in [0.5, 0.6) is 0 Å². The number of sulfone groups is 1. The Bertz CT molecular complexity index is 1040. The van der Waals surface area contributed by atoms with Gasteiger partial charge in [-0.15, -0.1) is 0 Å². The fourth-order valence-electron chi connectivity index (χ4n) is 4.07. The van der Waals surface area contributed by atoms with E-state index in [1.54, 1.807) is 19.1 Å². The van der Waals surface area contributed by atoms with Gasteiger partial charge < -0.3 is 4.42 Å². The molecule has 26 heavy (non-hydrogen) atoms. The minimum Gasteiger partial charge on any atom is -0.460 e. The highest BCUT2D eigenvalue weighted by atomic mass is 32.2. The number of hydrogen-bond acceptors (Lipinski definition) is 3. The number of fused-ring (bicyclic) bond motifs is 1. The monoisotopic (exact) mass is 368 g/mol. The van der Waals surface area contributed by atoms with Crippen LogP contribution in [-0.2, 0) is 9.84 Å². The predicted molar refractivity (Wildman–Crippen MR) is 103 cm³/mol. The molecule has 4 rings (SSSR count). The summed E-state index contributed by atoms with van der Waals surface area (Å²) < 4.78 is 32.3. The van der Waals surface area contributed by atoms with Gasteiger partial charge >= 0.3 is 0 Å². The summed E-state index contributed by atoms with van der Waals surface area (Å²) in [7, 11) is -3.61. The van der Waals surface area contributed by atoms with Gasteiger partial charge in [-0.1, -0.05) is 43.0 Å². The van der Waals surface area contributed by atoms with E-state index in [9.17, 15) is 8.42 Å². The fraction of sp³-hybridized carbons (Fsp3) is 0.364. The van der Waals surface area contributed by atoms with Crippen LogP contribution in [0.25, 0.3) is 11.0 Å². The minimum absolute atomic E-state index is 0.314. The number of benzene rings is 2. The molecule has 0 amide bonds. The van der Waals surface area contributed by atoms with Crippen LogP contribution in [-0.4, -0.2) is 8.42 Å². The lowest BCUT2D eigenvalue weighted by molar-refractivity contribution is 0.444. The molecule has 3 aromatic rings. The zero-order valence-corrected chi connectivity index (χ0v) is 16.1. The predicted octanol–water partition coefficient (Wildman–Crippen LogP) is 5.93. The van der Waals surface area contributed by atoms with E-state index >= 15 is 0 Å². The molecule has 0 radical (unpaired) electrons. The van der Waals surface area contributed by atoms with Crippen molar-refractivity contribution in [1.82, 2.24) is 0 Å². The molecular formula is C22H24O3S. The Balaban J connectivity index is 1.85. The van der Waals surface area contributed by atoms with Gasteiger partial charge in [-0.3, -0.25) is 0 Å². The maximum Gasteiger partial charge on any atom is 0.210 e. The summed E-state index contributed by atoms with van der Waals surface area (Å²) in [5, 5.41) is 0.714. The average molecular weight is 368 g/mol. The second-order valence-electron chi connectivity index (χ2n) is 7.39. The zero-order valence-electron chi connectivity index (χ0n) is 15.3. The van der Waals surface area contributed by atoms with Crippen LogP contribution in [0.3, 0.4) is 0 Å². The Morgan fingerprint density at radius 3 is 2.31 bits per heavy atom. The SMILES string of the molecule is Cc1ccc(S(=O)(=O)c2c(C)oc3ccc(C4CCCCC4)cc23)cc1. The van der Waals surface area contributed by atoms with E-state index in [0.717, 1.165) is 5.56 Å². The highest BCUT2D eigenvalue weighted by Gasteiger charge is 2.27. The van der Waals surface area contributed by atoms with Gasteiger partial charge in [-0.2, -0.15) is 0 Å². The Labute approximate surface area is 155 Å². The van der Waals surface area contributed by atoms with Crippen molar-refractivity contribution in [2.24, 2.45) is 0 Å². The molecule has 0 saturated heterocycles. The largest absolute Gasteiger partial charge is 0.460 e. The highest BCUT2D eigenvalue weighted by Crippen LogP contribution is 2.38. The van der Waals surface area contributed by atoms with E-state index in [0.29, 0.717) is 32.4 Å². The number of rotatable bonds is 3. The summed E-state index contributed by atoms with van der Waals surface area (Å²) in [6.07, 6.45) is 6.17. The lowest BCUT2D eigenvalue weighted by Crippen LogP contribution is -2.05. The Hall–Kier alpha value is -2.07. The van der Waals surface area contributed by atoms with Crippen LogP contribution in [0.4, 0.5) is 0 Å². The molecule has 1 fully saturated rings. The Morgan fingerprint density at radius 1 is 0.923 bits per heavy atom. The van der Waals surface area contributed by atoms with Crippen molar-refractivity contribution in [3.05, 3.63) is 59.4 Å². The summed E-state index contributed by atoms with van der Waals surface area (Å²) in [6.45, 7) is 3.69. The van der Waals surface area contributed by atoms with Crippen LogP contribution in [0.1, 0.15) is 54.9 Å². The quantitative estimate of drug-likeness (QED) is 0.575. The lowest BCUT2D eigenvalue weighted by atomic mass is 9.84. The molecular weight excluding hydrogens is 344 g/mol. The van der Waals surface area contributed by atoms with Gasteiger partial charge in [-0.05, 0) is 62.4 Å². The first-order valence-electron chi connectivity index (χ1n) is 9.31. The standard InChI is InChI=1S/C22H24O3S/c1-15-8-11-19(12-9-15)26(23,24)22-16(2)25-21-13-10-18(14-20(21)22)17-6-4-3-5-7-17/h8-14,17H,3-7H2,1-2H3. The molecule has 0 aliphatic heterocycles. The number of aryl methyl sites for hydroxylation is 2. The van der Waals surface area contributed by atoms with Crippen molar-refractivity contribution in [3.8, 4) is 0 Å². The first-order chi connectivity index (χ1) is 12.5. The molecule has 1 aliphatic rings. The van der Waals surface area contributed by atoms with Gasteiger partial charge in [0.25, 0.3) is 0 Å². The van der Waals surface area contributed by atoms with Crippen molar-refractivity contribution in [2.45, 2.75) is 61.7 Å². The Kier molecular flexibility index (Phi) is 4.39. The molecule has 0 bridgehead atoms. The average Bonchev–Trinajstić information content (AvgIpc) is 2.98. The normalized spacial score (nSPS) is 16.2. The summed E-state index contributed by atoms with van der Waals surface area (Å²) in [4.78, 5) is 0.631. The maximum absolute atomic E-state index is 13.3. The van der Waals surface area contributed by atoms with Crippen LogP contribution < -0.4 is 0 Å². The fourth-order valence-corrected chi connectivity index (χ4v) is 5.67. The second kappa shape index (κ2) is 6.58. The molecule has 1 saturated carbocycles. The van der Waals surface area contributed by atoms with E-state index in [1.165, 1.54) is 37.7 Å². The molecule has 0 spiro atoms. The number of furan rings is 1. The first kappa shape index (κ1) is 17.3. The van der Waals surface area contributed by atoms with Gasteiger partial charge in [-0.25, -0.2) is 8.42 Å². The number of hydrogen-bond donors (Lipinski definition) is 0. The highest BCUT2D eigenvalue weighted by molar-refractivity contribution is 7.91. The van der Waals surface area contributed by atoms with E-state index in [4.69, 9.17) is 4.42 Å². The minimum atomic E-state index is -3.61. The van der Waals surface area contributed by atoms with E-state index in [1.807, 2.05) is 31.2 Å². The third-order valence-electron chi connectivity index (χ3n) is 5.51. The smallest absolute Gasteiger partial charge is 0.210 e. The second-order valence-corrected chi connectivity index (χ2v) is 9.28. The van der Waals surface area contributed by atoms with Crippen molar-refractivity contribution in [1.29, 1.82) is 0 Å². The summed E-state index contributed by atoms with van der Waals surface area (Å²) in [6, 6.07) is 13.1. The van der Waals surface area contributed by atoms with E-state index in [2.05, 4.69) is 6.07 Å². The molecule has 3 nitrogen and oxygen atoms in total. The van der Waals surface area contributed by atoms with E-state index in [-0.39, 0.29) is 0 Å². The van der Waals surface area contributed by atoms with Crippen molar-refractivity contribution >= 4 is 20.8 Å².